The van der Waals surface area contributed by atoms with Crippen LogP contribution >= 0.6 is 11.3 Å². The van der Waals surface area contributed by atoms with Gasteiger partial charge in [-0.05, 0) is 42.3 Å². The lowest BCUT2D eigenvalue weighted by Crippen LogP contribution is -2.41. The van der Waals surface area contributed by atoms with Gasteiger partial charge >= 0.3 is 0 Å². The summed E-state index contributed by atoms with van der Waals surface area (Å²) in [6.07, 6.45) is 0. The number of benzene rings is 3. The van der Waals surface area contributed by atoms with Crippen molar-refractivity contribution in [2.45, 2.75) is 19.5 Å². The first-order valence-electron chi connectivity index (χ1n) is 11.8. The molecule has 37 heavy (non-hydrogen) atoms. The quantitative estimate of drug-likeness (QED) is 0.286. The molecular weight excluding hydrogens is 492 g/mol. The topological polar surface area (TPSA) is 63.9 Å². The second-order valence-corrected chi connectivity index (χ2v) is 9.67. The second-order valence-electron chi connectivity index (χ2n) is 8.81. The Labute approximate surface area is 215 Å². The van der Waals surface area contributed by atoms with Gasteiger partial charge in [-0.25, -0.2) is 13.8 Å². The maximum absolute atomic E-state index is 14.2. The molecule has 0 fully saturated rings. The van der Waals surface area contributed by atoms with Crippen LogP contribution in [0.1, 0.15) is 29.1 Å². The van der Waals surface area contributed by atoms with Crippen LogP contribution < -0.4 is 0 Å². The van der Waals surface area contributed by atoms with Crippen molar-refractivity contribution in [1.29, 1.82) is 0 Å². The molecule has 0 spiro atoms. The first kappa shape index (κ1) is 23.2. The van der Waals surface area contributed by atoms with E-state index in [1.165, 1.54) is 23.5 Å². The molecule has 1 unspecified atom stereocenters. The van der Waals surface area contributed by atoms with Gasteiger partial charge in [0.1, 0.15) is 22.3 Å². The third-order valence-electron chi connectivity index (χ3n) is 6.58. The number of fused-ring (bicyclic) bond motifs is 1. The zero-order valence-corrected chi connectivity index (χ0v) is 20.6. The van der Waals surface area contributed by atoms with E-state index in [2.05, 4.69) is 15.2 Å². The van der Waals surface area contributed by atoms with Gasteiger partial charge in [0.25, 0.3) is 5.91 Å². The molecule has 3 heterocycles. The van der Waals surface area contributed by atoms with Crippen LogP contribution in [0.15, 0.2) is 78.2 Å². The normalized spacial score (nSPS) is 15.0. The second kappa shape index (κ2) is 9.33. The molecule has 0 radical (unpaired) electrons. The molecule has 2 aromatic heterocycles. The van der Waals surface area contributed by atoms with Crippen molar-refractivity contribution in [2.75, 3.05) is 6.54 Å². The number of nitrogens with zero attached hydrogens (tertiary/aromatic N) is 5. The van der Waals surface area contributed by atoms with Crippen LogP contribution in [0, 0.1) is 11.6 Å². The summed E-state index contributed by atoms with van der Waals surface area (Å²) < 4.78 is 29.5. The average Bonchev–Trinajstić information content (AvgIpc) is 3.57. The molecule has 1 amide bonds. The van der Waals surface area contributed by atoms with Crippen LogP contribution in [-0.4, -0.2) is 37.1 Å². The van der Waals surface area contributed by atoms with E-state index in [-0.39, 0.29) is 17.5 Å². The molecular formula is C28H21F2N5OS. The lowest BCUT2D eigenvalue weighted by atomic mass is 10.0. The lowest BCUT2D eigenvalue weighted by Gasteiger charge is -2.33. The van der Waals surface area contributed by atoms with Crippen LogP contribution in [0.4, 0.5) is 8.78 Å². The molecule has 0 saturated heterocycles. The first-order chi connectivity index (χ1) is 18.0. The van der Waals surface area contributed by atoms with Gasteiger partial charge in [0.2, 0.25) is 0 Å². The molecule has 0 N–H and O–H groups in total. The summed E-state index contributed by atoms with van der Waals surface area (Å²) in [4.78, 5) is 19.7. The highest BCUT2D eigenvalue weighted by molar-refractivity contribution is 7.13. The molecule has 3 aromatic carbocycles. The lowest BCUT2D eigenvalue weighted by molar-refractivity contribution is 0.0638. The number of carbonyl (C=O) groups is 1. The molecule has 1 aliphatic rings. The minimum absolute atomic E-state index is 0.0642. The summed E-state index contributed by atoms with van der Waals surface area (Å²) in [6, 6.07) is 20.8. The Morgan fingerprint density at radius 3 is 2.46 bits per heavy atom. The number of carbonyl (C=O) groups excluding carboxylic acids is 1. The Morgan fingerprint density at radius 2 is 1.70 bits per heavy atom. The molecule has 1 atom stereocenters. The summed E-state index contributed by atoms with van der Waals surface area (Å²) in [5.74, 6) is -0.136. The average molecular weight is 514 g/mol. The van der Waals surface area contributed by atoms with E-state index >= 15 is 0 Å². The molecule has 1 aliphatic heterocycles. The number of halogens is 2. The Kier molecular flexibility index (Phi) is 5.84. The molecule has 0 aliphatic carbocycles. The fourth-order valence-electron chi connectivity index (χ4n) is 4.62. The summed E-state index contributed by atoms with van der Waals surface area (Å²) in [5.41, 5.74) is 3.56. The third kappa shape index (κ3) is 4.21. The predicted octanol–water partition coefficient (Wildman–Crippen LogP) is 6.23. The van der Waals surface area contributed by atoms with E-state index in [0.717, 1.165) is 17.2 Å². The zero-order valence-electron chi connectivity index (χ0n) is 19.8. The molecule has 9 heteroatoms. The SMILES string of the molecule is CC1c2nnc(-c3csc(-c4ccc(F)cc4F)n3)n2CCN1C(=O)c1ccc(-c2ccccc2)cc1. The Morgan fingerprint density at radius 1 is 0.946 bits per heavy atom. The van der Waals surface area contributed by atoms with Crippen molar-refractivity contribution >= 4 is 17.2 Å². The molecule has 0 saturated carbocycles. The van der Waals surface area contributed by atoms with E-state index in [1.807, 2.05) is 66.1 Å². The summed E-state index contributed by atoms with van der Waals surface area (Å²) >= 11 is 1.26. The van der Waals surface area contributed by atoms with Crippen LogP contribution in [0.25, 0.3) is 33.2 Å². The fraction of sp³-hybridized carbons (Fsp3) is 0.143. The van der Waals surface area contributed by atoms with Crippen molar-refractivity contribution in [2.24, 2.45) is 0 Å². The molecule has 5 aromatic rings. The van der Waals surface area contributed by atoms with E-state index in [0.29, 0.717) is 41.0 Å². The summed E-state index contributed by atoms with van der Waals surface area (Å²) in [7, 11) is 0. The van der Waals surface area contributed by atoms with E-state index in [1.54, 1.807) is 10.3 Å². The maximum atomic E-state index is 14.2. The summed E-state index contributed by atoms with van der Waals surface area (Å²) in [6.45, 7) is 2.93. The highest BCUT2D eigenvalue weighted by atomic mass is 32.1. The van der Waals surface area contributed by atoms with Crippen molar-refractivity contribution < 1.29 is 13.6 Å². The minimum atomic E-state index is -0.663. The first-order valence-corrected chi connectivity index (χ1v) is 12.7. The third-order valence-corrected chi connectivity index (χ3v) is 7.46. The van der Waals surface area contributed by atoms with Gasteiger partial charge in [-0.15, -0.1) is 21.5 Å². The van der Waals surface area contributed by atoms with Crippen LogP contribution in [-0.2, 0) is 6.54 Å². The number of hydrogen-bond acceptors (Lipinski definition) is 5. The number of rotatable bonds is 4. The number of amides is 1. The van der Waals surface area contributed by atoms with Gasteiger partial charge in [0.05, 0.1) is 6.04 Å². The molecule has 184 valence electrons. The Balaban J connectivity index is 1.23. The molecule has 6 nitrogen and oxygen atoms in total. The molecule has 0 bridgehead atoms. The molecule has 6 rings (SSSR count). The highest BCUT2D eigenvalue weighted by Crippen LogP contribution is 2.33. The fourth-order valence-corrected chi connectivity index (χ4v) is 5.44. The van der Waals surface area contributed by atoms with E-state index in [4.69, 9.17) is 0 Å². The smallest absolute Gasteiger partial charge is 0.254 e. The number of aromatic nitrogens is 4. The van der Waals surface area contributed by atoms with Crippen LogP contribution in [0.3, 0.4) is 0 Å². The number of thiazole rings is 1. The van der Waals surface area contributed by atoms with Crippen LogP contribution in [0.2, 0.25) is 0 Å². The maximum Gasteiger partial charge on any atom is 0.254 e. The van der Waals surface area contributed by atoms with Crippen molar-refractivity contribution in [1.82, 2.24) is 24.6 Å². The van der Waals surface area contributed by atoms with Crippen molar-refractivity contribution in [3.05, 3.63) is 101 Å². The van der Waals surface area contributed by atoms with Gasteiger partial charge in [-0.3, -0.25) is 4.79 Å². The standard InChI is InChI=1S/C28H21F2N5OS/c1-17-25-32-33-26(24-16-37-27(31-24)22-12-11-21(29)15-23(22)30)35(25)14-13-34(17)28(36)20-9-7-19(8-10-20)18-5-3-2-4-6-18/h2-12,15-17H,13-14H2,1H3. The van der Waals surface area contributed by atoms with Gasteiger partial charge < -0.3 is 9.47 Å². The predicted molar refractivity (Wildman–Crippen MR) is 138 cm³/mol. The highest BCUT2D eigenvalue weighted by Gasteiger charge is 2.32. The van der Waals surface area contributed by atoms with Crippen molar-refractivity contribution in [3.63, 3.8) is 0 Å². The van der Waals surface area contributed by atoms with Crippen LogP contribution in [0.5, 0.6) is 0 Å². The van der Waals surface area contributed by atoms with Gasteiger partial charge in [0.15, 0.2) is 11.6 Å². The Bertz CT molecular complexity index is 1600. The van der Waals surface area contributed by atoms with Gasteiger partial charge in [-0.1, -0.05) is 42.5 Å². The largest absolute Gasteiger partial charge is 0.327 e. The monoisotopic (exact) mass is 513 g/mol. The van der Waals surface area contributed by atoms with Gasteiger partial charge in [0, 0.05) is 35.7 Å². The summed E-state index contributed by atoms with van der Waals surface area (Å²) in [5, 5.41) is 10.9. The number of hydrogen-bond donors (Lipinski definition) is 0. The van der Waals surface area contributed by atoms with Gasteiger partial charge in [-0.2, -0.15) is 0 Å². The minimum Gasteiger partial charge on any atom is -0.327 e. The van der Waals surface area contributed by atoms with E-state index < -0.39 is 11.6 Å². The van der Waals surface area contributed by atoms with Crippen molar-refractivity contribution in [3.8, 4) is 33.2 Å². The Hall–Kier alpha value is -4.24. The van der Waals surface area contributed by atoms with E-state index in [9.17, 15) is 13.6 Å². The zero-order chi connectivity index (χ0) is 25.5.